The Kier molecular flexibility index (Phi) is 3.52. The Balaban J connectivity index is 1.79. The van der Waals surface area contributed by atoms with Crippen molar-refractivity contribution in [3.05, 3.63) is 45.1 Å². The lowest BCUT2D eigenvalue weighted by molar-refractivity contribution is 0.602. The van der Waals surface area contributed by atoms with Crippen LogP contribution in [0.3, 0.4) is 0 Å². The summed E-state index contributed by atoms with van der Waals surface area (Å²) in [6.45, 7) is 0. The molecule has 0 spiro atoms. The van der Waals surface area contributed by atoms with E-state index in [1.165, 1.54) is 16.7 Å². The van der Waals surface area contributed by atoms with Crippen LogP contribution in [0.1, 0.15) is 22.9 Å². The Hall–Kier alpha value is -1.04. The van der Waals surface area contributed by atoms with Crippen LogP contribution < -0.4 is 5.32 Å². The Labute approximate surface area is 127 Å². The number of hydrogen-bond donors (Lipinski definition) is 1. The fourth-order valence-electron chi connectivity index (χ4n) is 2.48. The highest BCUT2D eigenvalue weighted by Crippen LogP contribution is 2.40. The molecule has 106 valence electrons. The van der Waals surface area contributed by atoms with Crippen molar-refractivity contribution in [2.75, 3.05) is 11.6 Å². The third kappa shape index (κ3) is 2.71. The number of hydrogen-bond acceptors (Lipinski definition) is 4. The maximum Gasteiger partial charge on any atom is 0.175 e. The number of anilines is 1. The van der Waals surface area contributed by atoms with E-state index in [2.05, 4.69) is 5.32 Å². The van der Waals surface area contributed by atoms with Crippen molar-refractivity contribution in [3.8, 4) is 0 Å². The molecule has 1 N–H and O–H groups in total. The quantitative estimate of drug-likeness (QED) is 0.929. The first-order valence-corrected chi connectivity index (χ1v) is 9.37. The van der Waals surface area contributed by atoms with Crippen molar-refractivity contribution < 1.29 is 8.42 Å². The van der Waals surface area contributed by atoms with E-state index in [9.17, 15) is 8.42 Å². The predicted molar refractivity (Wildman–Crippen MR) is 83.6 cm³/mol. The van der Waals surface area contributed by atoms with Crippen molar-refractivity contribution in [1.82, 2.24) is 0 Å². The molecule has 1 atom stereocenters. The molecule has 0 bridgehead atoms. The molecule has 1 aliphatic carbocycles. The minimum atomic E-state index is -3.14. The summed E-state index contributed by atoms with van der Waals surface area (Å²) in [5.41, 5.74) is 2.20. The minimum absolute atomic E-state index is 0.262. The van der Waals surface area contributed by atoms with Crippen LogP contribution in [0, 0.1) is 0 Å². The van der Waals surface area contributed by atoms with E-state index < -0.39 is 9.84 Å². The Morgan fingerprint density at radius 3 is 2.65 bits per heavy atom. The van der Waals surface area contributed by atoms with E-state index in [-0.39, 0.29) is 6.04 Å². The van der Waals surface area contributed by atoms with Crippen molar-refractivity contribution in [2.45, 2.75) is 23.8 Å². The zero-order valence-electron chi connectivity index (χ0n) is 10.9. The van der Waals surface area contributed by atoms with Crippen LogP contribution >= 0.6 is 22.9 Å². The van der Waals surface area contributed by atoms with Crippen molar-refractivity contribution in [1.29, 1.82) is 0 Å². The number of rotatable bonds is 3. The molecule has 1 aromatic carbocycles. The Morgan fingerprint density at radius 1 is 1.30 bits per heavy atom. The van der Waals surface area contributed by atoms with Gasteiger partial charge in [0.1, 0.15) is 0 Å². The zero-order valence-corrected chi connectivity index (χ0v) is 13.3. The molecule has 0 radical (unpaired) electrons. The molecule has 0 amide bonds. The van der Waals surface area contributed by atoms with Gasteiger partial charge in [-0.3, -0.25) is 0 Å². The van der Waals surface area contributed by atoms with Gasteiger partial charge in [0.25, 0.3) is 0 Å². The molecule has 20 heavy (non-hydrogen) atoms. The van der Waals surface area contributed by atoms with E-state index >= 15 is 0 Å². The number of nitrogens with one attached hydrogen (secondary N) is 1. The lowest BCUT2D eigenvalue weighted by Gasteiger charge is -2.14. The fraction of sp³-hybridized carbons (Fsp3) is 0.286. The van der Waals surface area contributed by atoms with Crippen LogP contribution in [0.15, 0.2) is 35.2 Å². The standard InChI is InChI=1S/C14H14ClNO2S2/c1-20(17,18)10-4-2-9(3-5-10)16-12-6-7-13-11(12)8-14(15)19-13/h2-5,8,12,16H,6-7H2,1H3. The molecule has 0 saturated carbocycles. The molecule has 0 fully saturated rings. The lowest BCUT2D eigenvalue weighted by Crippen LogP contribution is -2.06. The highest BCUT2D eigenvalue weighted by atomic mass is 35.5. The average Bonchev–Trinajstić information content (AvgIpc) is 2.90. The smallest absolute Gasteiger partial charge is 0.175 e. The van der Waals surface area contributed by atoms with Crippen molar-refractivity contribution >= 4 is 38.5 Å². The molecule has 2 aromatic rings. The number of aryl methyl sites for hydroxylation is 1. The van der Waals surface area contributed by atoms with Gasteiger partial charge in [-0.15, -0.1) is 11.3 Å². The highest BCUT2D eigenvalue weighted by Gasteiger charge is 2.24. The zero-order chi connectivity index (χ0) is 14.3. The van der Waals surface area contributed by atoms with Gasteiger partial charge in [-0.2, -0.15) is 0 Å². The topological polar surface area (TPSA) is 46.2 Å². The van der Waals surface area contributed by atoms with E-state index in [1.807, 2.05) is 18.2 Å². The molecule has 1 aromatic heterocycles. The average molecular weight is 328 g/mol. The third-order valence-electron chi connectivity index (χ3n) is 3.47. The van der Waals surface area contributed by atoms with Crippen molar-refractivity contribution in [2.24, 2.45) is 0 Å². The van der Waals surface area contributed by atoms with E-state index in [4.69, 9.17) is 11.6 Å². The van der Waals surface area contributed by atoms with Crippen molar-refractivity contribution in [3.63, 3.8) is 0 Å². The molecule has 0 saturated heterocycles. The lowest BCUT2D eigenvalue weighted by atomic mass is 10.1. The summed E-state index contributed by atoms with van der Waals surface area (Å²) in [5.74, 6) is 0. The molecule has 1 unspecified atom stereocenters. The Morgan fingerprint density at radius 2 is 2.00 bits per heavy atom. The molecule has 1 aliphatic rings. The van der Waals surface area contributed by atoms with Crippen LogP contribution in [-0.4, -0.2) is 14.7 Å². The number of fused-ring (bicyclic) bond motifs is 1. The van der Waals surface area contributed by atoms with E-state index in [0.29, 0.717) is 4.90 Å². The predicted octanol–water partition coefficient (Wildman–Crippen LogP) is 3.90. The SMILES string of the molecule is CS(=O)(=O)c1ccc(NC2CCc3sc(Cl)cc32)cc1. The van der Waals surface area contributed by atoms with Gasteiger partial charge < -0.3 is 5.32 Å². The number of thiophene rings is 1. The molecular formula is C14H14ClNO2S2. The van der Waals surface area contributed by atoms with Crippen LogP contribution in [0.2, 0.25) is 4.34 Å². The summed E-state index contributed by atoms with van der Waals surface area (Å²) >= 11 is 7.68. The minimum Gasteiger partial charge on any atom is -0.378 e. The van der Waals surface area contributed by atoms with Crippen LogP contribution in [0.4, 0.5) is 5.69 Å². The van der Waals surface area contributed by atoms with E-state index in [1.54, 1.807) is 23.5 Å². The van der Waals surface area contributed by atoms with Gasteiger partial charge in [0.15, 0.2) is 9.84 Å². The summed E-state index contributed by atoms with van der Waals surface area (Å²) in [6.07, 6.45) is 3.31. The molecule has 3 nitrogen and oxygen atoms in total. The fourth-order valence-corrected chi connectivity index (χ4v) is 4.47. The summed E-state index contributed by atoms with van der Waals surface area (Å²) in [6, 6.07) is 9.17. The summed E-state index contributed by atoms with van der Waals surface area (Å²) in [5, 5.41) is 3.44. The second-order valence-electron chi connectivity index (χ2n) is 4.96. The van der Waals surface area contributed by atoms with Gasteiger partial charge in [-0.1, -0.05) is 11.6 Å². The van der Waals surface area contributed by atoms with Gasteiger partial charge in [-0.25, -0.2) is 8.42 Å². The number of sulfone groups is 1. The van der Waals surface area contributed by atoms with Gasteiger partial charge >= 0.3 is 0 Å². The van der Waals surface area contributed by atoms with Crippen LogP contribution in [-0.2, 0) is 16.3 Å². The van der Waals surface area contributed by atoms with Gasteiger partial charge in [0.05, 0.1) is 15.3 Å². The molecule has 3 rings (SSSR count). The molecule has 6 heteroatoms. The summed E-state index contributed by atoms with van der Waals surface area (Å²) < 4.78 is 23.7. The second kappa shape index (κ2) is 5.06. The van der Waals surface area contributed by atoms with E-state index in [0.717, 1.165) is 22.9 Å². The first-order valence-electron chi connectivity index (χ1n) is 6.28. The van der Waals surface area contributed by atoms with Gasteiger partial charge in [0, 0.05) is 16.8 Å². The van der Waals surface area contributed by atoms with Gasteiger partial charge in [0.2, 0.25) is 0 Å². The highest BCUT2D eigenvalue weighted by molar-refractivity contribution is 7.90. The molecular weight excluding hydrogens is 314 g/mol. The van der Waals surface area contributed by atoms with Crippen LogP contribution in [0.5, 0.6) is 0 Å². The Bertz CT molecular complexity index is 735. The molecule has 1 heterocycles. The van der Waals surface area contributed by atoms with Gasteiger partial charge in [-0.05, 0) is 48.7 Å². The summed E-state index contributed by atoms with van der Waals surface area (Å²) in [7, 11) is -3.14. The third-order valence-corrected chi connectivity index (χ3v) is 5.94. The number of halogens is 1. The maximum absolute atomic E-state index is 11.4. The second-order valence-corrected chi connectivity index (χ2v) is 8.74. The first kappa shape index (κ1) is 13.9. The molecule has 0 aliphatic heterocycles. The van der Waals surface area contributed by atoms with Crippen LogP contribution in [0.25, 0.3) is 0 Å². The largest absolute Gasteiger partial charge is 0.378 e. The maximum atomic E-state index is 11.4. The first-order chi connectivity index (χ1) is 9.43. The normalized spacial score (nSPS) is 18.0. The number of benzene rings is 1. The monoisotopic (exact) mass is 327 g/mol. The summed E-state index contributed by atoms with van der Waals surface area (Å²) in [4.78, 5) is 1.69.